The van der Waals surface area contributed by atoms with Crippen molar-refractivity contribution in [2.45, 2.75) is 128 Å². The van der Waals surface area contributed by atoms with Crippen molar-refractivity contribution in [2.24, 2.45) is 11.8 Å². The Labute approximate surface area is 323 Å². The molecule has 2 saturated heterocycles. The number of hydrogen-bond donors (Lipinski definition) is 2. The number of likely N-dealkylation sites (tertiary alicyclic amines) is 2. The molecule has 1 aromatic heterocycles. The van der Waals surface area contributed by atoms with Gasteiger partial charge >= 0.3 is 0 Å². The number of nitrogens with zero attached hydrogens (tertiary/aromatic N) is 3. The summed E-state index contributed by atoms with van der Waals surface area (Å²) >= 11 is 0. The Morgan fingerprint density at radius 2 is 1.09 bits per heavy atom. The molecule has 2 aromatic carbocycles. The highest BCUT2D eigenvalue weighted by Gasteiger charge is 2.44. The normalized spacial score (nSPS) is 22.9. The van der Waals surface area contributed by atoms with Gasteiger partial charge in [0.1, 0.15) is 0 Å². The number of nitrogens with one attached hydrogen (secondary N) is 2. The molecule has 4 aliphatic rings. The van der Waals surface area contributed by atoms with Gasteiger partial charge in [0.05, 0.1) is 29.6 Å². The van der Waals surface area contributed by atoms with E-state index >= 15 is 0 Å². The molecule has 2 saturated carbocycles. The molecule has 2 N–H and O–H groups in total. The van der Waals surface area contributed by atoms with Gasteiger partial charge in [-0.2, -0.15) is 0 Å². The van der Waals surface area contributed by atoms with Crippen molar-refractivity contribution >= 4 is 35.0 Å². The largest absolute Gasteiger partial charge is 0.436 e. The number of carbonyl (C=O) groups excluding carboxylic acids is 4. The molecule has 0 unspecified atom stereocenters. The van der Waals surface area contributed by atoms with Crippen LogP contribution in [0.3, 0.4) is 0 Å². The fourth-order valence-corrected chi connectivity index (χ4v) is 7.78. The third-order valence-electron chi connectivity index (χ3n) is 10.4. The first kappa shape index (κ1) is 38.7. The van der Waals surface area contributed by atoms with Gasteiger partial charge in [-0.3, -0.25) is 19.2 Å². The molecule has 12 nitrogen and oxygen atoms in total. The molecule has 55 heavy (non-hydrogen) atoms. The standard InChI is InChI=1S/C43H55N5O7/c1-42(2,3)54-34-19-32(47(24-34)40(51)28-7-8-28)21-37(49)45-30-15-11-26(12-16-30)36-23-44-39(53-36)27-13-17-31(18-14-27)46-38(50)22-33-20-35(55-43(4,5)6)25-48(33)41(52)29-9-10-29/h11-18,23,28-29,32-35H,7-10,19-22,24-25H2,1-6H3,(H,45,49)(H,46,50)/t32-,33-,34+,35+/m0/s1. The summed E-state index contributed by atoms with van der Waals surface area (Å²) in [5, 5.41) is 5.98. The van der Waals surface area contributed by atoms with Crippen LogP contribution in [0.2, 0.25) is 0 Å². The Morgan fingerprint density at radius 3 is 1.49 bits per heavy atom. The molecule has 3 heterocycles. The first-order valence-corrected chi connectivity index (χ1v) is 19.8. The number of anilines is 2. The van der Waals surface area contributed by atoms with E-state index in [0.29, 0.717) is 49.0 Å². The van der Waals surface area contributed by atoms with E-state index < -0.39 is 0 Å². The van der Waals surface area contributed by atoms with Gasteiger partial charge in [-0.15, -0.1) is 0 Å². The minimum absolute atomic E-state index is 0.0852. The number of oxazole rings is 1. The molecule has 0 radical (unpaired) electrons. The van der Waals surface area contributed by atoms with Gasteiger partial charge in [0.25, 0.3) is 0 Å². The summed E-state index contributed by atoms with van der Waals surface area (Å²) in [6, 6.07) is 14.3. The van der Waals surface area contributed by atoms with E-state index in [1.807, 2.05) is 99.9 Å². The number of hydrogen-bond acceptors (Lipinski definition) is 8. The lowest BCUT2D eigenvalue weighted by molar-refractivity contribution is -0.135. The van der Waals surface area contributed by atoms with Crippen molar-refractivity contribution in [3.05, 3.63) is 54.7 Å². The van der Waals surface area contributed by atoms with Crippen LogP contribution >= 0.6 is 0 Å². The summed E-state index contributed by atoms with van der Waals surface area (Å²) in [6.07, 6.45) is 6.88. The van der Waals surface area contributed by atoms with Crippen LogP contribution in [0.15, 0.2) is 59.1 Å². The third kappa shape index (κ3) is 10.2. The van der Waals surface area contributed by atoms with Crippen LogP contribution in [0.1, 0.15) is 92.9 Å². The summed E-state index contributed by atoms with van der Waals surface area (Å²) in [4.78, 5) is 60.5. The molecule has 0 bridgehead atoms. The van der Waals surface area contributed by atoms with E-state index in [2.05, 4.69) is 15.6 Å². The molecular weight excluding hydrogens is 699 g/mol. The Hall–Kier alpha value is -4.55. The summed E-state index contributed by atoms with van der Waals surface area (Å²) < 4.78 is 18.5. The van der Waals surface area contributed by atoms with Crippen molar-refractivity contribution in [1.29, 1.82) is 0 Å². The predicted molar refractivity (Wildman–Crippen MR) is 209 cm³/mol. The third-order valence-corrected chi connectivity index (χ3v) is 10.4. The number of amides is 4. The van der Waals surface area contributed by atoms with Crippen molar-refractivity contribution in [3.8, 4) is 22.8 Å². The van der Waals surface area contributed by atoms with Crippen molar-refractivity contribution in [2.75, 3.05) is 23.7 Å². The molecule has 4 fully saturated rings. The molecule has 294 valence electrons. The van der Waals surface area contributed by atoms with Gasteiger partial charge in [0, 0.05) is 72.4 Å². The molecule has 7 rings (SSSR count). The van der Waals surface area contributed by atoms with E-state index in [4.69, 9.17) is 13.9 Å². The van der Waals surface area contributed by atoms with Gasteiger partial charge in [-0.1, -0.05) is 0 Å². The second kappa shape index (κ2) is 15.5. The smallest absolute Gasteiger partial charge is 0.226 e. The van der Waals surface area contributed by atoms with Crippen LogP contribution in [0.5, 0.6) is 0 Å². The minimum Gasteiger partial charge on any atom is -0.436 e. The lowest BCUT2D eigenvalue weighted by Crippen LogP contribution is -2.39. The maximum Gasteiger partial charge on any atom is 0.226 e. The lowest BCUT2D eigenvalue weighted by atomic mass is 10.1. The monoisotopic (exact) mass is 753 g/mol. The van der Waals surface area contributed by atoms with Crippen LogP contribution in [0.25, 0.3) is 22.8 Å². The lowest BCUT2D eigenvalue weighted by Gasteiger charge is -2.25. The first-order chi connectivity index (χ1) is 26.1. The molecule has 3 aromatic rings. The molecule has 0 spiro atoms. The number of ether oxygens (including phenoxy) is 2. The summed E-state index contributed by atoms with van der Waals surface area (Å²) in [6.45, 7) is 13.1. The Bertz CT molecular complexity index is 1730. The van der Waals surface area contributed by atoms with Gasteiger partial charge < -0.3 is 34.3 Å². The quantitative estimate of drug-likeness (QED) is 0.200. The van der Waals surface area contributed by atoms with Crippen molar-refractivity contribution < 1.29 is 33.1 Å². The van der Waals surface area contributed by atoms with Crippen LogP contribution in [-0.2, 0) is 28.7 Å². The molecule has 2 aliphatic heterocycles. The van der Waals surface area contributed by atoms with Crippen molar-refractivity contribution in [1.82, 2.24) is 14.8 Å². The number of rotatable bonds is 12. The highest BCUT2D eigenvalue weighted by molar-refractivity contribution is 5.93. The van der Waals surface area contributed by atoms with Gasteiger partial charge in [-0.25, -0.2) is 4.98 Å². The summed E-state index contributed by atoms with van der Waals surface area (Å²) in [5.41, 5.74) is 2.21. The molecule has 4 atom stereocenters. The van der Waals surface area contributed by atoms with Crippen LogP contribution in [0, 0.1) is 11.8 Å². The maximum absolute atomic E-state index is 13.1. The van der Waals surface area contributed by atoms with Crippen molar-refractivity contribution in [3.63, 3.8) is 0 Å². The van der Waals surface area contributed by atoms with E-state index in [1.165, 1.54) is 0 Å². The number of aromatic nitrogens is 1. The molecule has 2 aliphatic carbocycles. The second-order valence-electron chi connectivity index (χ2n) is 17.7. The minimum atomic E-state index is -0.323. The highest BCUT2D eigenvalue weighted by atomic mass is 16.5. The number of carbonyl (C=O) groups is 4. The zero-order valence-electron chi connectivity index (χ0n) is 32.9. The molecule has 4 amide bonds. The molecule has 12 heteroatoms. The SMILES string of the molecule is CC(C)(C)O[C@@H]1C[C@@H](CC(=O)Nc2ccc(-c3cnc(-c4ccc(NC(=O)C[C@@H]5C[C@@H](OC(C)(C)C)CN5C(=O)C5CC5)cc4)o3)cc2)N(C(=O)C2CC2)C1. The maximum atomic E-state index is 13.1. The fourth-order valence-electron chi connectivity index (χ4n) is 7.78. The average molecular weight is 754 g/mol. The fraction of sp³-hybridized carbons (Fsp3) is 0.558. The first-order valence-electron chi connectivity index (χ1n) is 19.8. The Morgan fingerprint density at radius 1 is 0.673 bits per heavy atom. The van der Waals surface area contributed by atoms with Crippen LogP contribution in [0.4, 0.5) is 11.4 Å². The zero-order chi connectivity index (χ0) is 39.1. The van der Waals surface area contributed by atoms with E-state index in [0.717, 1.165) is 36.8 Å². The number of benzene rings is 2. The van der Waals surface area contributed by atoms with Gasteiger partial charge in [0.15, 0.2) is 5.76 Å². The van der Waals surface area contributed by atoms with Crippen LogP contribution in [-0.4, -0.2) is 87.0 Å². The van der Waals surface area contributed by atoms with Gasteiger partial charge in [-0.05, 0) is 129 Å². The second-order valence-corrected chi connectivity index (χ2v) is 17.7. The van der Waals surface area contributed by atoms with E-state index in [9.17, 15) is 19.2 Å². The average Bonchev–Trinajstić information content (AvgIpc) is 4.02. The topological polar surface area (TPSA) is 143 Å². The molecular formula is C43H55N5O7. The van der Waals surface area contributed by atoms with E-state index in [-0.39, 0.29) is 83.8 Å². The Balaban J connectivity index is 0.912. The van der Waals surface area contributed by atoms with Crippen LogP contribution < -0.4 is 10.6 Å². The van der Waals surface area contributed by atoms with Gasteiger partial charge in [0.2, 0.25) is 29.5 Å². The highest BCUT2D eigenvalue weighted by Crippen LogP contribution is 2.37. The predicted octanol–water partition coefficient (Wildman–Crippen LogP) is 7.06. The zero-order valence-corrected chi connectivity index (χ0v) is 32.9. The summed E-state index contributed by atoms with van der Waals surface area (Å²) in [7, 11) is 0. The van der Waals surface area contributed by atoms with E-state index in [1.54, 1.807) is 6.20 Å². The summed E-state index contributed by atoms with van der Waals surface area (Å²) in [5.74, 6) is 1.17. The Kier molecular flexibility index (Phi) is 10.9.